The second-order valence-corrected chi connectivity index (χ2v) is 6.40. The van der Waals surface area contributed by atoms with Gasteiger partial charge in [0.25, 0.3) is 0 Å². The van der Waals surface area contributed by atoms with Gasteiger partial charge in [0.1, 0.15) is 0 Å². The van der Waals surface area contributed by atoms with E-state index in [0.717, 1.165) is 37.1 Å². The lowest BCUT2D eigenvalue weighted by atomic mass is 9.81. The van der Waals surface area contributed by atoms with Crippen molar-refractivity contribution in [3.63, 3.8) is 0 Å². The topological polar surface area (TPSA) is 20.3 Å². The maximum absolute atomic E-state index is 10.8. The number of aldehydes is 1. The molecule has 0 saturated heterocycles. The molecule has 0 bridgehead atoms. The molecule has 2 nitrogen and oxygen atoms in total. The molecule has 1 aliphatic rings. The van der Waals surface area contributed by atoms with E-state index in [0.29, 0.717) is 5.54 Å². The van der Waals surface area contributed by atoms with Crippen molar-refractivity contribution in [2.24, 2.45) is 0 Å². The van der Waals surface area contributed by atoms with E-state index >= 15 is 0 Å². The van der Waals surface area contributed by atoms with Crippen LogP contribution in [-0.4, -0.2) is 29.8 Å². The number of hydrogen-bond donors (Lipinski definition) is 0. The molecule has 3 heteroatoms. The van der Waals surface area contributed by atoms with Gasteiger partial charge in [-0.15, -0.1) is 11.3 Å². The van der Waals surface area contributed by atoms with Crippen LogP contribution in [0.2, 0.25) is 0 Å². The minimum absolute atomic E-state index is 0.302. The van der Waals surface area contributed by atoms with Crippen LogP contribution in [0.4, 0.5) is 0 Å². The van der Waals surface area contributed by atoms with Gasteiger partial charge in [0.2, 0.25) is 0 Å². The molecule has 104 valence electrons. The predicted octanol–water partition coefficient (Wildman–Crippen LogP) is 4.23. The van der Waals surface area contributed by atoms with E-state index < -0.39 is 0 Å². The second kappa shape index (κ2) is 6.02. The summed E-state index contributed by atoms with van der Waals surface area (Å²) < 4.78 is 0. The zero-order chi connectivity index (χ0) is 13.9. The lowest BCUT2D eigenvalue weighted by Gasteiger charge is -2.42. The fourth-order valence-electron chi connectivity index (χ4n) is 3.07. The molecule has 0 N–H and O–H groups in total. The molecule has 1 atom stereocenters. The number of nitrogens with zero attached hydrogens (tertiary/aromatic N) is 1. The van der Waals surface area contributed by atoms with Crippen molar-refractivity contribution in [2.45, 2.75) is 45.6 Å². The van der Waals surface area contributed by atoms with Crippen LogP contribution in [0.1, 0.15) is 55.3 Å². The second-order valence-electron chi connectivity index (χ2n) is 5.46. The van der Waals surface area contributed by atoms with Gasteiger partial charge in [0, 0.05) is 5.54 Å². The van der Waals surface area contributed by atoms with Crippen molar-refractivity contribution in [1.29, 1.82) is 0 Å². The van der Waals surface area contributed by atoms with Crippen molar-refractivity contribution < 1.29 is 4.79 Å². The Hall–Kier alpha value is -0.930. The van der Waals surface area contributed by atoms with Crippen molar-refractivity contribution in [3.8, 4) is 0 Å². The highest BCUT2D eigenvalue weighted by Crippen LogP contribution is 2.37. The van der Waals surface area contributed by atoms with Crippen LogP contribution >= 0.6 is 11.3 Å². The van der Waals surface area contributed by atoms with Gasteiger partial charge in [-0.25, -0.2) is 0 Å². The summed E-state index contributed by atoms with van der Waals surface area (Å²) in [4.78, 5) is 14.1. The first kappa shape index (κ1) is 14.5. The third kappa shape index (κ3) is 2.98. The van der Waals surface area contributed by atoms with Crippen molar-refractivity contribution in [3.05, 3.63) is 28.0 Å². The van der Waals surface area contributed by atoms with Crippen LogP contribution in [0, 0.1) is 0 Å². The molecule has 1 heterocycles. The lowest BCUT2D eigenvalue weighted by Crippen LogP contribution is -2.46. The standard InChI is InChI=1S/C16H23NOS/c1-4-17(5-2)16(3)8-6-13(7-9-16)14-10-15(11-18)19-12-14/h6,10-12H,4-5,7-9H2,1-3H3. The van der Waals surface area contributed by atoms with Crippen molar-refractivity contribution in [2.75, 3.05) is 13.1 Å². The first-order chi connectivity index (χ1) is 9.12. The predicted molar refractivity (Wildman–Crippen MR) is 82.9 cm³/mol. The highest BCUT2D eigenvalue weighted by atomic mass is 32.1. The smallest absolute Gasteiger partial charge is 0.160 e. The van der Waals surface area contributed by atoms with Gasteiger partial charge < -0.3 is 0 Å². The summed E-state index contributed by atoms with van der Waals surface area (Å²) >= 11 is 1.54. The molecule has 0 amide bonds. The average Bonchev–Trinajstić information content (AvgIpc) is 2.89. The molecule has 0 aliphatic heterocycles. The SMILES string of the molecule is CCN(CC)C1(C)CC=C(c2csc(C=O)c2)CC1. The molecular weight excluding hydrogens is 254 g/mol. The molecule has 0 fully saturated rings. The Labute approximate surface area is 120 Å². The normalized spacial score (nSPS) is 23.5. The fourth-order valence-corrected chi connectivity index (χ4v) is 3.80. The zero-order valence-corrected chi connectivity index (χ0v) is 12.9. The molecule has 1 aliphatic carbocycles. The van der Waals surface area contributed by atoms with Crippen LogP contribution in [0.3, 0.4) is 0 Å². The third-order valence-corrected chi connectivity index (χ3v) is 5.21. The van der Waals surface area contributed by atoms with E-state index in [2.05, 4.69) is 37.1 Å². The van der Waals surface area contributed by atoms with Gasteiger partial charge in [-0.1, -0.05) is 19.9 Å². The Bertz CT molecular complexity index is 473. The van der Waals surface area contributed by atoms with Gasteiger partial charge in [0.05, 0.1) is 4.88 Å². The van der Waals surface area contributed by atoms with E-state index in [1.165, 1.54) is 28.9 Å². The van der Waals surface area contributed by atoms with Gasteiger partial charge in [0.15, 0.2) is 6.29 Å². The van der Waals surface area contributed by atoms with E-state index in [1.807, 2.05) is 6.07 Å². The summed E-state index contributed by atoms with van der Waals surface area (Å²) in [5.74, 6) is 0. The molecule has 0 aromatic carbocycles. The van der Waals surface area contributed by atoms with Crippen LogP contribution in [-0.2, 0) is 0 Å². The quantitative estimate of drug-likeness (QED) is 0.751. The summed E-state index contributed by atoms with van der Waals surface area (Å²) in [5, 5.41) is 2.11. The van der Waals surface area contributed by atoms with Crippen LogP contribution in [0.5, 0.6) is 0 Å². The van der Waals surface area contributed by atoms with Gasteiger partial charge >= 0.3 is 0 Å². The van der Waals surface area contributed by atoms with E-state index in [-0.39, 0.29) is 0 Å². The minimum Gasteiger partial charge on any atom is -0.298 e. The molecule has 0 saturated carbocycles. The molecule has 1 unspecified atom stereocenters. The lowest BCUT2D eigenvalue weighted by molar-refractivity contribution is 0.108. The Balaban J connectivity index is 2.13. The number of carbonyl (C=O) groups excluding carboxylic acids is 1. The summed E-state index contributed by atoms with van der Waals surface area (Å²) in [7, 11) is 0. The summed E-state index contributed by atoms with van der Waals surface area (Å²) in [6, 6.07) is 2.02. The van der Waals surface area contributed by atoms with Gasteiger partial charge in [-0.3, -0.25) is 9.69 Å². The van der Waals surface area contributed by atoms with E-state index in [9.17, 15) is 4.79 Å². The first-order valence-electron chi connectivity index (χ1n) is 7.11. The Morgan fingerprint density at radius 3 is 2.63 bits per heavy atom. The van der Waals surface area contributed by atoms with Crippen LogP contribution < -0.4 is 0 Å². The molecule has 0 radical (unpaired) electrons. The third-order valence-electron chi connectivity index (χ3n) is 4.35. The summed E-state index contributed by atoms with van der Waals surface area (Å²) in [5.41, 5.74) is 2.96. The Morgan fingerprint density at radius 2 is 2.16 bits per heavy atom. The monoisotopic (exact) mass is 277 g/mol. The minimum atomic E-state index is 0.302. The van der Waals surface area contributed by atoms with Crippen molar-refractivity contribution in [1.82, 2.24) is 4.90 Å². The number of rotatable bonds is 5. The van der Waals surface area contributed by atoms with Crippen LogP contribution in [0.15, 0.2) is 17.5 Å². The molecule has 0 spiro atoms. The number of thiophene rings is 1. The molecular formula is C16H23NOS. The highest BCUT2D eigenvalue weighted by molar-refractivity contribution is 7.11. The fraction of sp³-hybridized carbons (Fsp3) is 0.562. The maximum atomic E-state index is 10.8. The maximum Gasteiger partial charge on any atom is 0.160 e. The molecule has 1 aromatic rings. The summed E-state index contributed by atoms with van der Waals surface area (Å²) in [6.45, 7) is 9.08. The van der Waals surface area contributed by atoms with Gasteiger partial charge in [-0.2, -0.15) is 0 Å². The Kier molecular flexibility index (Phi) is 4.58. The number of carbonyl (C=O) groups is 1. The van der Waals surface area contributed by atoms with E-state index in [1.54, 1.807) is 0 Å². The van der Waals surface area contributed by atoms with Gasteiger partial charge in [-0.05, 0) is 61.9 Å². The van der Waals surface area contributed by atoms with E-state index in [4.69, 9.17) is 0 Å². The summed E-state index contributed by atoms with van der Waals surface area (Å²) in [6.07, 6.45) is 6.74. The number of allylic oxidation sites excluding steroid dienone is 1. The molecule has 2 rings (SSSR count). The molecule has 19 heavy (non-hydrogen) atoms. The van der Waals surface area contributed by atoms with Crippen molar-refractivity contribution >= 4 is 23.2 Å². The highest BCUT2D eigenvalue weighted by Gasteiger charge is 2.31. The first-order valence-corrected chi connectivity index (χ1v) is 7.99. The zero-order valence-electron chi connectivity index (χ0n) is 12.1. The largest absolute Gasteiger partial charge is 0.298 e. The average molecular weight is 277 g/mol. The molecule has 1 aromatic heterocycles. The van der Waals surface area contributed by atoms with Crippen LogP contribution in [0.25, 0.3) is 5.57 Å². The Morgan fingerprint density at radius 1 is 1.42 bits per heavy atom. The number of hydrogen-bond acceptors (Lipinski definition) is 3.